The van der Waals surface area contributed by atoms with Crippen molar-refractivity contribution in [1.29, 1.82) is 0 Å². The van der Waals surface area contributed by atoms with Crippen molar-refractivity contribution in [3.05, 3.63) is 15.0 Å². The Balaban J connectivity index is 2.53. The van der Waals surface area contributed by atoms with E-state index >= 15 is 0 Å². The maximum atomic E-state index is 9.04. The zero-order valence-corrected chi connectivity index (χ0v) is 10.7. The Morgan fingerprint density at radius 3 is 2.86 bits per heavy atom. The van der Waals surface area contributed by atoms with E-state index in [1.165, 1.54) is 0 Å². The van der Waals surface area contributed by atoms with Crippen molar-refractivity contribution in [1.82, 2.24) is 10.3 Å². The van der Waals surface area contributed by atoms with Crippen molar-refractivity contribution < 1.29 is 5.11 Å². The molecule has 0 aromatic carbocycles. The average Bonchev–Trinajstić information content (AvgIpc) is 2.61. The van der Waals surface area contributed by atoms with Crippen LogP contribution in [0.15, 0.2) is 9.98 Å². The molecule has 1 aromatic heterocycles. The van der Waals surface area contributed by atoms with Gasteiger partial charge in [-0.15, -0.1) is 11.3 Å². The molecule has 0 aliphatic carbocycles. The average molecular weight is 279 g/mol. The van der Waals surface area contributed by atoms with E-state index in [0.717, 1.165) is 15.2 Å². The van der Waals surface area contributed by atoms with Crippen molar-refractivity contribution in [3.63, 3.8) is 0 Å². The lowest BCUT2D eigenvalue weighted by Gasteiger charge is -2.18. The van der Waals surface area contributed by atoms with Gasteiger partial charge < -0.3 is 10.4 Å². The smallest absolute Gasteiger partial charge is 0.110 e. The molecule has 5 heteroatoms. The molecule has 80 valence electrons. The molecule has 0 bridgehead atoms. The van der Waals surface area contributed by atoms with Crippen LogP contribution in [0.2, 0.25) is 0 Å². The molecule has 0 aliphatic heterocycles. The summed E-state index contributed by atoms with van der Waals surface area (Å²) in [5.74, 6) is 0. The summed E-state index contributed by atoms with van der Waals surface area (Å²) in [5, 5.41) is 13.4. The van der Waals surface area contributed by atoms with Crippen LogP contribution in [0.25, 0.3) is 0 Å². The minimum Gasteiger partial charge on any atom is -0.395 e. The number of thiazole rings is 1. The van der Waals surface area contributed by atoms with Crippen LogP contribution in [0.3, 0.4) is 0 Å². The van der Waals surface area contributed by atoms with Gasteiger partial charge >= 0.3 is 0 Å². The van der Waals surface area contributed by atoms with Crippen LogP contribution in [-0.4, -0.2) is 22.7 Å². The minimum atomic E-state index is 0.160. The SMILES string of the molecule is CCC(CO)NC(C)c1ncc(Br)s1. The summed E-state index contributed by atoms with van der Waals surface area (Å²) in [6.07, 6.45) is 2.73. The molecule has 1 heterocycles. The van der Waals surface area contributed by atoms with Gasteiger partial charge in [0.1, 0.15) is 5.01 Å². The lowest BCUT2D eigenvalue weighted by atomic mass is 10.2. The van der Waals surface area contributed by atoms with E-state index in [0.29, 0.717) is 0 Å². The van der Waals surface area contributed by atoms with Gasteiger partial charge in [0.05, 0.1) is 22.6 Å². The lowest BCUT2D eigenvalue weighted by Crippen LogP contribution is -2.33. The fourth-order valence-corrected chi connectivity index (χ4v) is 2.45. The first kappa shape index (κ1) is 12.1. The number of nitrogens with one attached hydrogen (secondary N) is 1. The van der Waals surface area contributed by atoms with Crippen LogP contribution in [0.5, 0.6) is 0 Å². The molecule has 2 atom stereocenters. The molecule has 1 rings (SSSR count). The van der Waals surface area contributed by atoms with Gasteiger partial charge in [-0.05, 0) is 29.3 Å². The Morgan fingerprint density at radius 2 is 2.43 bits per heavy atom. The molecule has 0 saturated carbocycles. The summed E-state index contributed by atoms with van der Waals surface area (Å²) in [4.78, 5) is 4.26. The van der Waals surface area contributed by atoms with E-state index in [-0.39, 0.29) is 18.7 Å². The quantitative estimate of drug-likeness (QED) is 0.869. The van der Waals surface area contributed by atoms with Crippen LogP contribution in [0.1, 0.15) is 31.3 Å². The molecule has 2 N–H and O–H groups in total. The molecule has 2 unspecified atom stereocenters. The van der Waals surface area contributed by atoms with Gasteiger partial charge in [0.15, 0.2) is 0 Å². The Morgan fingerprint density at radius 1 is 1.71 bits per heavy atom. The second-order valence-electron chi connectivity index (χ2n) is 3.18. The van der Waals surface area contributed by atoms with Gasteiger partial charge in [-0.1, -0.05) is 6.92 Å². The van der Waals surface area contributed by atoms with Crippen LogP contribution in [0, 0.1) is 0 Å². The summed E-state index contributed by atoms with van der Waals surface area (Å²) in [5.41, 5.74) is 0. The zero-order chi connectivity index (χ0) is 10.6. The maximum Gasteiger partial charge on any atom is 0.110 e. The predicted molar refractivity (Wildman–Crippen MR) is 62.5 cm³/mol. The largest absolute Gasteiger partial charge is 0.395 e. The highest BCUT2D eigenvalue weighted by Crippen LogP contribution is 2.24. The van der Waals surface area contributed by atoms with Crippen molar-refractivity contribution in [2.75, 3.05) is 6.61 Å². The van der Waals surface area contributed by atoms with Gasteiger partial charge in [0, 0.05) is 6.04 Å². The van der Waals surface area contributed by atoms with Gasteiger partial charge in [0.2, 0.25) is 0 Å². The normalized spacial score (nSPS) is 15.4. The van der Waals surface area contributed by atoms with Gasteiger partial charge in [0.25, 0.3) is 0 Å². The highest BCUT2D eigenvalue weighted by molar-refractivity contribution is 9.11. The van der Waals surface area contributed by atoms with Crippen molar-refractivity contribution >= 4 is 27.3 Å². The Hall–Kier alpha value is 0.0300. The summed E-state index contributed by atoms with van der Waals surface area (Å²) < 4.78 is 1.04. The molecule has 3 nitrogen and oxygen atoms in total. The number of rotatable bonds is 5. The molecular weight excluding hydrogens is 264 g/mol. The molecule has 0 spiro atoms. The summed E-state index contributed by atoms with van der Waals surface area (Å²) in [6.45, 7) is 4.29. The highest BCUT2D eigenvalue weighted by atomic mass is 79.9. The molecular formula is C9H15BrN2OS. The number of nitrogens with zero attached hydrogens (tertiary/aromatic N) is 1. The fraction of sp³-hybridized carbons (Fsp3) is 0.667. The molecule has 0 saturated heterocycles. The second-order valence-corrected chi connectivity index (χ2v) is 5.62. The topological polar surface area (TPSA) is 45.1 Å². The van der Waals surface area contributed by atoms with E-state index in [2.05, 4.69) is 40.1 Å². The van der Waals surface area contributed by atoms with Crippen molar-refractivity contribution in [2.24, 2.45) is 0 Å². The third kappa shape index (κ3) is 3.31. The molecule has 0 radical (unpaired) electrons. The van der Waals surface area contributed by atoms with Crippen molar-refractivity contribution in [3.8, 4) is 0 Å². The molecule has 14 heavy (non-hydrogen) atoms. The van der Waals surface area contributed by atoms with Crippen LogP contribution >= 0.6 is 27.3 Å². The van der Waals surface area contributed by atoms with Crippen molar-refractivity contribution in [2.45, 2.75) is 32.4 Å². The highest BCUT2D eigenvalue weighted by Gasteiger charge is 2.13. The van der Waals surface area contributed by atoms with Crippen LogP contribution < -0.4 is 5.32 Å². The van der Waals surface area contributed by atoms with E-state index in [1.54, 1.807) is 17.5 Å². The molecule has 0 aliphatic rings. The van der Waals surface area contributed by atoms with Gasteiger partial charge in [-0.3, -0.25) is 0 Å². The minimum absolute atomic E-state index is 0.160. The first-order valence-electron chi connectivity index (χ1n) is 4.65. The van der Waals surface area contributed by atoms with E-state index in [1.807, 2.05) is 0 Å². The number of aliphatic hydroxyl groups excluding tert-OH is 1. The number of aliphatic hydroxyl groups is 1. The first-order valence-corrected chi connectivity index (χ1v) is 6.26. The monoisotopic (exact) mass is 278 g/mol. The van der Waals surface area contributed by atoms with E-state index in [4.69, 9.17) is 5.11 Å². The maximum absolute atomic E-state index is 9.04. The predicted octanol–water partition coefficient (Wildman–Crippen LogP) is 2.33. The molecule has 0 amide bonds. The Kier molecular flexibility index (Phi) is 5.01. The first-order chi connectivity index (χ1) is 6.67. The summed E-state index contributed by atoms with van der Waals surface area (Å²) in [6, 6.07) is 0.357. The lowest BCUT2D eigenvalue weighted by molar-refractivity contribution is 0.230. The molecule has 0 fully saturated rings. The number of aromatic nitrogens is 1. The van der Waals surface area contributed by atoms with E-state index < -0.39 is 0 Å². The third-order valence-electron chi connectivity index (χ3n) is 2.06. The van der Waals surface area contributed by atoms with Crippen LogP contribution in [-0.2, 0) is 0 Å². The Labute approximate surface area is 96.7 Å². The fourth-order valence-electron chi connectivity index (χ4n) is 1.19. The Bertz CT molecular complexity index is 276. The second kappa shape index (κ2) is 5.80. The third-order valence-corrected chi connectivity index (χ3v) is 3.72. The van der Waals surface area contributed by atoms with Crippen LogP contribution in [0.4, 0.5) is 0 Å². The number of hydrogen-bond acceptors (Lipinski definition) is 4. The van der Waals surface area contributed by atoms with Gasteiger partial charge in [-0.2, -0.15) is 0 Å². The zero-order valence-electron chi connectivity index (χ0n) is 8.33. The summed E-state index contributed by atoms with van der Waals surface area (Å²) in [7, 11) is 0. The molecule has 1 aromatic rings. The summed E-state index contributed by atoms with van der Waals surface area (Å²) >= 11 is 5.00. The van der Waals surface area contributed by atoms with Gasteiger partial charge in [-0.25, -0.2) is 4.98 Å². The number of hydrogen-bond donors (Lipinski definition) is 2. The standard InChI is InChI=1S/C9H15BrN2OS/c1-3-7(5-13)12-6(2)9-11-4-8(10)14-9/h4,6-7,12-13H,3,5H2,1-2H3. The van der Waals surface area contributed by atoms with E-state index in [9.17, 15) is 0 Å². The number of halogens is 1.